The Balaban J connectivity index is 0.00000108. The van der Waals surface area contributed by atoms with E-state index in [1.165, 1.54) is 19.2 Å². The largest absolute Gasteiger partial charge is 0.494 e. The van der Waals surface area contributed by atoms with Gasteiger partial charge in [-0.05, 0) is 55.7 Å². The highest BCUT2D eigenvalue weighted by Crippen LogP contribution is 2.33. The minimum absolute atomic E-state index is 0.0296. The monoisotopic (exact) mass is 477 g/mol. The molecule has 1 aromatic heterocycles. The number of benzene rings is 1. The van der Waals surface area contributed by atoms with Crippen LogP contribution in [0.4, 0.5) is 8.78 Å². The fourth-order valence-electron chi connectivity index (χ4n) is 3.89. The average Bonchev–Trinajstić information content (AvgIpc) is 3.30. The number of rotatable bonds is 5. The predicted molar refractivity (Wildman–Crippen MR) is 134 cm³/mol. The van der Waals surface area contributed by atoms with E-state index < -0.39 is 11.6 Å². The summed E-state index contributed by atoms with van der Waals surface area (Å²) in [6.07, 6.45) is 9.80. The molecule has 0 radical (unpaired) electrons. The van der Waals surface area contributed by atoms with Crippen molar-refractivity contribution in [2.75, 3.05) is 13.7 Å². The molecule has 1 aliphatic heterocycles. The summed E-state index contributed by atoms with van der Waals surface area (Å²) in [4.78, 5) is 23.0. The number of ether oxygens (including phenoxy) is 1. The standard InChI is InChI=1S/C25H23F2N3O2.C3H6/c1-16(30-11-5-9-23(30)31)20-12-18(19-7-3-8-21(26)24(19)27)13-22(32-2)25(20)29-15-17-6-4-10-28-14-17;1-3-2/h3-4,6-8,10,12-14H,5,9,11,15H2,1-2H3;3H,1H2,2H3/b20-16+,29-25?;. The normalized spacial score (nSPS) is 17.9. The number of halogens is 2. The van der Waals surface area contributed by atoms with Crippen LogP contribution in [0.15, 0.2) is 89.6 Å². The Morgan fingerprint density at radius 1 is 1.26 bits per heavy atom. The van der Waals surface area contributed by atoms with Gasteiger partial charge in [-0.25, -0.2) is 8.78 Å². The van der Waals surface area contributed by atoms with Crippen LogP contribution in [0.3, 0.4) is 0 Å². The lowest BCUT2D eigenvalue weighted by molar-refractivity contribution is -0.126. The van der Waals surface area contributed by atoms with Crippen LogP contribution >= 0.6 is 0 Å². The molecule has 0 atom stereocenters. The van der Waals surface area contributed by atoms with Gasteiger partial charge in [-0.3, -0.25) is 14.8 Å². The number of hydrogen-bond donors (Lipinski definition) is 0. The van der Waals surface area contributed by atoms with Crippen molar-refractivity contribution in [3.8, 4) is 0 Å². The summed E-state index contributed by atoms with van der Waals surface area (Å²) in [7, 11) is 1.50. The van der Waals surface area contributed by atoms with Crippen LogP contribution in [0, 0.1) is 11.6 Å². The highest BCUT2D eigenvalue weighted by molar-refractivity contribution is 6.18. The minimum atomic E-state index is -0.935. The van der Waals surface area contributed by atoms with Crippen molar-refractivity contribution in [2.45, 2.75) is 33.2 Å². The predicted octanol–water partition coefficient (Wildman–Crippen LogP) is 6.02. The highest BCUT2D eigenvalue weighted by atomic mass is 19.2. The van der Waals surface area contributed by atoms with Crippen LogP contribution in [-0.2, 0) is 16.1 Å². The first-order valence-electron chi connectivity index (χ1n) is 11.3. The summed E-state index contributed by atoms with van der Waals surface area (Å²) in [6.45, 7) is 8.05. The third kappa shape index (κ3) is 5.98. The summed E-state index contributed by atoms with van der Waals surface area (Å²) < 4.78 is 34.1. The summed E-state index contributed by atoms with van der Waals surface area (Å²) >= 11 is 0. The molecule has 0 bridgehead atoms. The van der Waals surface area contributed by atoms with E-state index in [4.69, 9.17) is 9.73 Å². The van der Waals surface area contributed by atoms with Gasteiger partial charge in [0.1, 0.15) is 11.5 Å². The van der Waals surface area contributed by atoms with Crippen molar-refractivity contribution >= 4 is 17.2 Å². The molecule has 1 fully saturated rings. The van der Waals surface area contributed by atoms with E-state index in [2.05, 4.69) is 11.6 Å². The molecule has 2 aromatic rings. The molecular formula is C28H29F2N3O2. The number of allylic oxidation sites excluding steroid dienone is 6. The molecule has 0 saturated carbocycles. The lowest BCUT2D eigenvalue weighted by Gasteiger charge is -2.24. The molecule has 1 saturated heterocycles. The maximum Gasteiger partial charge on any atom is 0.226 e. The SMILES string of the molecule is C=CC.COC1=CC(c2cccc(F)c2F)=C/C(=C(/C)N2CCCC2=O)C1=NCc1cccnc1. The van der Waals surface area contributed by atoms with Gasteiger partial charge in [0.2, 0.25) is 5.91 Å². The molecule has 35 heavy (non-hydrogen) atoms. The number of likely N-dealkylation sites (tertiary alicyclic amines) is 1. The first-order valence-corrected chi connectivity index (χ1v) is 11.3. The molecular weight excluding hydrogens is 448 g/mol. The van der Waals surface area contributed by atoms with E-state index in [1.54, 1.807) is 35.5 Å². The minimum Gasteiger partial charge on any atom is -0.494 e. The Kier molecular flexibility index (Phi) is 8.84. The van der Waals surface area contributed by atoms with Crippen molar-refractivity contribution in [2.24, 2.45) is 4.99 Å². The van der Waals surface area contributed by atoms with Gasteiger partial charge >= 0.3 is 0 Å². The second-order valence-electron chi connectivity index (χ2n) is 8.00. The zero-order valence-electron chi connectivity index (χ0n) is 20.2. The van der Waals surface area contributed by atoms with Crippen LogP contribution in [-0.4, -0.2) is 35.2 Å². The first kappa shape index (κ1) is 25.7. The first-order chi connectivity index (χ1) is 16.9. The molecule has 0 N–H and O–H groups in total. The van der Waals surface area contributed by atoms with Crippen molar-refractivity contribution in [1.29, 1.82) is 0 Å². The van der Waals surface area contributed by atoms with Crippen molar-refractivity contribution in [1.82, 2.24) is 9.88 Å². The number of carbonyl (C=O) groups is 1. The van der Waals surface area contributed by atoms with Crippen LogP contribution in [0.5, 0.6) is 0 Å². The van der Waals surface area contributed by atoms with Gasteiger partial charge in [0.25, 0.3) is 0 Å². The Bertz CT molecular complexity index is 1210. The third-order valence-corrected chi connectivity index (χ3v) is 5.57. The zero-order chi connectivity index (χ0) is 25.4. The fraction of sp³-hybridized carbons (Fsp3) is 0.250. The number of methoxy groups -OCH3 is 1. The number of carbonyl (C=O) groups excluding carboxylic acids is 1. The van der Waals surface area contributed by atoms with Gasteiger partial charge < -0.3 is 9.64 Å². The Hall–Kier alpha value is -3.87. The average molecular weight is 478 g/mol. The summed E-state index contributed by atoms with van der Waals surface area (Å²) in [5.41, 5.74) is 3.37. The summed E-state index contributed by atoms with van der Waals surface area (Å²) in [5.74, 6) is -1.42. The van der Waals surface area contributed by atoms with Crippen LogP contribution in [0.2, 0.25) is 0 Å². The topological polar surface area (TPSA) is 54.8 Å². The maximum atomic E-state index is 14.6. The Morgan fingerprint density at radius 2 is 2.03 bits per heavy atom. The molecule has 7 heteroatoms. The fourth-order valence-corrected chi connectivity index (χ4v) is 3.89. The number of aliphatic imine (C=N–C) groups is 1. The second-order valence-corrected chi connectivity index (χ2v) is 8.00. The maximum absolute atomic E-state index is 14.6. The van der Waals surface area contributed by atoms with Crippen molar-refractivity contribution in [3.63, 3.8) is 0 Å². The van der Waals surface area contributed by atoms with E-state index in [-0.39, 0.29) is 11.5 Å². The van der Waals surface area contributed by atoms with E-state index in [9.17, 15) is 13.6 Å². The molecule has 0 spiro atoms. The molecule has 182 valence electrons. The number of hydrogen-bond acceptors (Lipinski definition) is 4. The third-order valence-electron chi connectivity index (χ3n) is 5.57. The van der Waals surface area contributed by atoms with Gasteiger partial charge in [-0.2, -0.15) is 0 Å². The lowest BCUT2D eigenvalue weighted by Crippen LogP contribution is -2.26. The smallest absolute Gasteiger partial charge is 0.226 e. The molecule has 4 rings (SSSR count). The van der Waals surface area contributed by atoms with Gasteiger partial charge in [-0.1, -0.05) is 24.3 Å². The molecule has 2 aliphatic rings. The molecule has 2 heterocycles. The second kappa shape index (κ2) is 12.0. The van der Waals surface area contributed by atoms with Gasteiger partial charge in [0.15, 0.2) is 11.6 Å². The van der Waals surface area contributed by atoms with Crippen LogP contribution < -0.4 is 0 Å². The van der Waals surface area contributed by atoms with Gasteiger partial charge in [-0.15, -0.1) is 6.58 Å². The Labute approximate surface area is 204 Å². The van der Waals surface area contributed by atoms with E-state index in [1.807, 2.05) is 26.0 Å². The zero-order valence-corrected chi connectivity index (χ0v) is 20.2. The molecule has 5 nitrogen and oxygen atoms in total. The number of aromatic nitrogens is 1. The Morgan fingerprint density at radius 3 is 2.66 bits per heavy atom. The summed E-state index contributed by atoms with van der Waals surface area (Å²) in [5, 5.41) is 0. The molecule has 1 aromatic carbocycles. The number of nitrogens with zero attached hydrogens (tertiary/aromatic N) is 3. The number of pyridine rings is 1. The molecule has 1 amide bonds. The molecule has 1 aliphatic carbocycles. The van der Waals surface area contributed by atoms with Crippen LogP contribution in [0.25, 0.3) is 5.57 Å². The van der Waals surface area contributed by atoms with Crippen LogP contribution in [0.1, 0.15) is 37.8 Å². The lowest BCUT2D eigenvalue weighted by atomic mass is 9.92. The van der Waals surface area contributed by atoms with Gasteiger partial charge in [0, 0.05) is 42.2 Å². The van der Waals surface area contributed by atoms with Crippen molar-refractivity contribution in [3.05, 3.63) is 107 Å². The highest BCUT2D eigenvalue weighted by Gasteiger charge is 2.28. The van der Waals surface area contributed by atoms with E-state index >= 15 is 0 Å². The molecule has 0 unspecified atom stereocenters. The quantitative estimate of drug-likeness (QED) is 0.495. The van der Waals surface area contributed by atoms with E-state index in [0.29, 0.717) is 47.8 Å². The number of amides is 1. The summed E-state index contributed by atoms with van der Waals surface area (Å²) in [6, 6.07) is 7.80. The van der Waals surface area contributed by atoms with Crippen molar-refractivity contribution < 1.29 is 18.3 Å². The van der Waals surface area contributed by atoms with E-state index in [0.717, 1.165) is 18.1 Å². The van der Waals surface area contributed by atoms with Gasteiger partial charge in [0.05, 0.1) is 13.7 Å².